The fourth-order valence-corrected chi connectivity index (χ4v) is 1.32. The molecular weight excluding hydrogens is 180 g/mol. The smallest absolute Gasteiger partial charge is 0.223 e. The van der Waals surface area contributed by atoms with Crippen LogP contribution in [0.4, 0.5) is 0 Å². The van der Waals surface area contributed by atoms with Gasteiger partial charge < -0.3 is 10.6 Å². The summed E-state index contributed by atoms with van der Waals surface area (Å²) in [5, 5.41) is 5.65. The molecule has 2 saturated carbocycles. The van der Waals surface area contributed by atoms with Crippen LogP contribution in [0.1, 0.15) is 32.1 Å². The Morgan fingerprint density at radius 2 is 1.86 bits per heavy atom. The highest BCUT2D eigenvalue weighted by molar-refractivity contribution is 5.82. The van der Waals surface area contributed by atoms with Gasteiger partial charge in [0.25, 0.3) is 0 Å². The van der Waals surface area contributed by atoms with Gasteiger partial charge in [-0.1, -0.05) is 0 Å². The van der Waals surface area contributed by atoms with Gasteiger partial charge in [0.05, 0.1) is 0 Å². The van der Waals surface area contributed by atoms with E-state index >= 15 is 0 Å². The molecule has 0 atom stereocenters. The van der Waals surface area contributed by atoms with E-state index in [9.17, 15) is 9.59 Å². The summed E-state index contributed by atoms with van der Waals surface area (Å²) < 4.78 is 0. The molecule has 0 heterocycles. The third-order valence-corrected chi connectivity index (χ3v) is 2.54. The third-order valence-electron chi connectivity index (χ3n) is 2.54. The van der Waals surface area contributed by atoms with Crippen molar-refractivity contribution in [2.24, 2.45) is 5.92 Å². The number of carbonyl (C=O) groups is 2. The van der Waals surface area contributed by atoms with Crippen molar-refractivity contribution in [1.29, 1.82) is 0 Å². The van der Waals surface area contributed by atoms with E-state index in [4.69, 9.17) is 0 Å². The lowest BCUT2D eigenvalue weighted by Crippen LogP contribution is -2.32. The van der Waals surface area contributed by atoms with Crippen LogP contribution in [-0.2, 0) is 9.59 Å². The molecule has 0 aromatic carbocycles. The molecule has 2 fully saturated rings. The molecule has 14 heavy (non-hydrogen) atoms. The first kappa shape index (κ1) is 9.49. The molecule has 2 N–H and O–H groups in total. The summed E-state index contributed by atoms with van der Waals surface area (Å²) in [5.74, 6) is 0.411. The van der Waals surface area contributed by atoms with Gasteiger partial charge in [0, 0.05) is 24.9 Å². The van der Waals surface area contributed by atoms with Gasteiger partial charge in [-0.05, 0) is 25.7 Å². The Hall–Kier alpha value is -1.06. The number of hydrogen-bond acceptors (Lipinski definition) is 2. The van der Waals surface area contributed by atoms with Crippen molar-refractivity contribution in [2.45, 2.75) is 38.1 Å². The minimum absolute atomic E-state index is 0.0589. The van der Waals surface area contributed by atoms with E-state index in [-0.39, 0.29) is 17.7 Å². The first-order valence-corrected chi connectivity index (χ1v) is 5.33. The lowest BCUT2D eigenvalue weighted by atomic mass is 10.3. The molecular formula is C10H16N2O2. The number of nitrogens with one attached hydrogen (secondary N) is 2. The van der Waals surface area contributed by atoms with E-state index < -0.39 is 0 Å². The normalized spacial score (nSPS) is 20.3. The molecule has 2 amide bonds. The molecule has 2 rings (SSSR count). The molecule has 0 spiro atoms. The fourth-order valence-electron chi connectivity index (χ4n) is 1.32. The van der Waals surface area contributed by atoms with E-state index in [0.29, 0.717) is 19.0 Å². The van der Waals surface area contributed by atoms with Gasteiger partial charge in [0.1, 0.15) is 0 Å². The van der Waals surface area contributed by atoms with Gasteiger partial charge in [0.2, 0.25) is 11.8 Å². The Balaban J connectivity index is 1.52. The first-order valence-electron chi connectivity index (χ1n) is 5.33. The second-order valence-electron chi connectivity index (χ2n) is 4.16. The Labute approximate surface area is 83.4 Å². The number of hydrogen-bond donors (Lipinski definition) is 2. The number of amides is 2. The molecule has 78 valence electrons. The van der Waals surface area contributed by atoms with Crippen LogP contribution in [0.2, 0.25) is 0 Å². The van der Waals surface area contributed by atoms with Gasteiger partial charge in [-0.25, -0.2) is 0 Å². The van der Waals surface area contributed by atoms with E-state index in [2.05, 4.69) is 10.6 Å². The van der Waals surface area contributed by atoms with E-state index in [0.717, 1.165) is 25.7 Å². The van der Waals surface area contributed by atoms with Crippen molar-refractivity contribution in [3.05, 3.63) is 0 Å². The van der Waals surface area contributed by atoms with Crippen molar-refractivity contribution in [1.82, 2.24) is 10.6 Å². The molecule has 2 aliphatic rings. The van der Waals surface area contributed by atoms with Gasteiger partial charge in [-0.2, -0.15) is 0 Å². The lowest BCUT2D eigenvalue weighted by molar-refractivity contribution is -0.123. The highest BCUT2D eigenvalue weighted by Crippen LogP contribution is 2.28. The summed E-state index contributed by atoms with van der Waals surface area (Å²) in [7, 11) is 0. The molecule has 4 heteroatoms. The minimum atomic E-state index is 0.0589. The SMILES string of the molecule is O=C(CCNC(=O)C1CC1)NC1CC1. The first-order chi connectivity index (χ1) is 6.75. The van der Waals surface area contributed by atoms with E-state index in [1.165, 1.54) is 0 Å². The summed E-state index contributed by atoms with van der Waals surface area (Å²) >= 11 is 0. The van der Waals surface area contributed by atoms with Gasteiger partial charge >= 0.3 is 0 Å². The quantitative estimate of drug-likeness (QED) is 0.659. The maximum atomic E-state index is 11.2. The average Bonchev–Trinajstić information content (AvgIpc) is 2.99. The molecule has 0 unspecified atom stereocenters. The van der Waals surface area contributed by atoms with Crippen molar-refractivity contribution >= 4 is 11.8 Å². The number of rotatable bonds is 5. The maximum absolute atomic E-state index is 11.2. The van der Waals surface area contributed by atoms with Crippen LogP contribution < -0.4 is 10.6 Å². The van der Waals surface area contributed by atoms with Gasteiger partial charge in [0.15, 0.2) is 0 Å². The predicted octanol–water partition coefficient (Wildman–Crippen LogP) is 0.181. The summed E-state index contributed by atoms with van der Waals surface area (Å²) in [5.41, 5.74) is 0. The standard InChI is InChI=1S/C10H16N2O2/c13-9(12-8-3-4-8)5-6-11-10(14)7-1-2-7/h7-8H,1-6H2,(H,11,14)(H,12,13). The molecule has 2 aliphatic carbocycles. The largest absolute Gasteiger partial charge is 0.355 e. The third kappa shape index (κ3) is 3.01. The highest BCUT2D eigenvalue weighted by Gasteiger charge is 2.29. The Morgan fingerprint density at radius 3 is 2.43 bits per heavy atom. The Kier molecular flexibility index (Phi) is 2.70. The Bertz CT molecular complexity index is 245. The van der Waals surface area contributed by atoms with Crippen LogP contribution in [0.25, 0.3) is 0 Å². The average molecular weight is 196 g/mol. The summed E-state index contributed by atoms with van der Waals surface area (Å²) in [4.78, 5) is 22.4. The zero-order valence-electron chi connectivity index (χ0n) is 8.21. The summed E-state index contributed by atoms with van der Waals surface area (Å²) in [6.45, 7) is 0.480. The molecule has 0 aromatic rings. The highest BCUT2D eigenvalue weighted by atomic mass is 16.2. The van der Waals surface area contributed by atoms with E-state index in [1.807, 2.05) is 0 Å². The number of carbonyl (C=O) groups excluding carboxylic acids is 2. The molecule has 4 nitrogen and oxygen atoms in total. The van der Waals surface area contributed by atoms with Gasteiger partial charge in [-0.3, -0.25) is 9.59 Å². The monoisotopic (exact) mass is 196 g/mol. The zero-order valence-corrected chi connectivity index (χ0v) is 8.21. The van der Waals surface area contributed by atoms with Crippen LogP contribution in [0.5, 0.6) is 0 Å². The van der Waals surface area contributed by atoms with Crippen LogP contribution >= 0.6 is 0 Å². The van der Waals surface area contributed by atoms with Crippen LogP contribution in [-0.4, -0.2) is 24.4 Å². The fraction of sp³-hybridized carbons (Fsp3) is 0.800. The van der Waals surface area contributed by atoms with Gasteiger partial charge in [-0.15, -0.1) is 0 Å². The maximum Gasteiger partial charge on any atom is 0.223 e. The molecule has 0 aromatic heterocycles. The van der Waals surface area contributed by atoms with E-state index in [1.54, 1.807) is 0 Å². The minimum Gasteiger partial charge on any atom is -0.355 e. The van der Waals surface area contributed by atoms with Crippen molar-refractivity contribution in [2.75, 3.05) is 6.54 Å². The molecule has 0 radical (unpaired) electrons. The summed E-state index contributed by atoms with van der Waals surface area (Å²) in [6.07, 6.45) is 4.66. The van der Waals surface area contributed by atoms with Crippen molar-refractivity contribution in [3.8, 4) is 0 Å². The van der Waals surface area contributed by atoms with Crippen molar-refractivity contribution < 1.29 is 9.59 Å². The van der Waals surface area contributed by atoms with Crippen LogP contribution in [0.15, 0.2) is 0 Å². The molecule has 0 bridgehead atoms. The molecule has 0 aliphatic heterocycles. The predicted molar refractivity (Wildman–Crippen MR) is 51.5 cm³/mol. The zero-order chi connectivity index (χ0) is 9.97. The van der Waals surface area contributed by atoms with Crippen molar-refractivity contribution in [3.63, 3.8) is 0 Å². The second kappa shape index (κ2) is 3.98. The topological polar surface area (TPSA) is 58.2 Å². The second-order valence-corrected chi connectivity index (χ2v) is 4.16. The Morgan fingerprint density at radius 1 is 1.14 bits per heavy atom. The summed E-state index contributed by atoms with van der Waals surface area (Å²) in [6, 6.07) is 0.418. The van der Waals surface area contributed by atoms with Crippen LogP contribution in [0, 0.1) is 5.92 Å². The van der Waals surface area contributed by atoms with Crippen LogP contribution in [0.3, 0.4) is 0 Å². The lowest BCUT2D eigenvalue weighted by Gasteiger charge is -2.04. The molecule has 0 saturated heterocycles.